The second kappa shape index (κ2) is 7.97. The van der Waals surface area contributed by atoms with E-state index in [1.165, 1.54) is 13.2 Å². The van der Waals surface area contributed by atoms with Crippen molar-refractivity contribution >= 4 is 11.3 Å². The number of nitrogens with two attached hydrogens (primary N) is 1. The molecule has 6 nitrogen and oxygen atoms in total. The van der Waals surface area contributed by atoms with Crippen LogP contribution in [0.15, 0.2) is 36.4 Å². The van der Waals surface area contributed by atoms with Gasteiger partial charge in [-0.15, -0.1) is 0 Å². The van der Waals surface area contributed by atoms with Crippen molar-refractivity contribution in [2.24, 2.45) is 0 Å². The summed E-state index contributed by atoms with van der Waals surface area (Å²) in [6, 6.07) is 11.0. The Balaban J connectivity index is 2.67. The molecule has 130 valence electrons. The molecular weight excluding hydrogens is 320 g/mol. The highest BCUT2D eigenvalue weighted by Crippen LogP contribution is 2.41. The van der Waals surface area contributed by atoms with Gasteiger partial charge in [-0.1, -0.05) is 6.07 Å². The van der Waals surface area contributed by atoms with Crippen molar-refractivity contribution < 1.29 is 18.9 Å². The lowest BCUT2D eigenvalue weighted by molar-refractivity contribution is 0.324. The molecule has 0 heterocycles. The smallest absolute Gasteiger partial charge is 0.203 e. The standard InChI is InChI=1S/C19H20N2O4/c1-22-16-9-12(5-6-15(16)21)14(7-8-20)13-10-17(23-2)19(25-4)18(11-13)24-3/h5-7,9-11H,21H2,1-4H3. The summed E-state index contributed by atoms with van der Waals surface area (Å²) in [4.78, 5) is 0. The average Bonchev–Trinajstić information content (AvgIpc) is 2.65. The number of nitrogen functional groups attached to an aromatic ring is 1. The molecule has 0 bridgehead atoms. The maximum absolute atomic E-state index is 9.22. The Labute approximate surface area is 147 Å². The summed E-state index contributed by atoms with van der Waals surface area (Å²) in [5.41, 5.74) is 8.60. The number of rotatable bonds is 6. The monoisotopic (exact) mass is 340 g/mol. The van der Waals surface area contributed by atoms with Gasteiger partial charge >= 0.3 is 0 Å². The van der Waals surface area contributed by atoms with Crippen LogP contribution < -0.4 is 24.7 Å². The largest absolute Gasteiger partial charge is 0.495 e. The second-order valence-electron chi connectivity index (χ2n) is 5.06. The van der Waals surface area contributed by atoms with Gasteiger partial charge in [0.2, 0.25) is 5.75 Å². The Morgan fingerprint density at radius 1 is 0.880 bits per heavy atom. The summed E-state index contributed by atoms with van der Waals surface area (Å²) in [7, 11) is 6.17. The third-order valence-corrected chi connectivity index (χ3v) is 3.73. The summed E-state index contributed by atoms with van der Waals surface area (Å²) < 4.78 is 21.4. The number of nitrogens with zero attached hydrogens (tertiary/aromatic N) is 1. The zero-order chi connectivity index (χ0) is 18.4. The molecule has 0 aliphatic rings. The number of benzene rings is 2. The van der Waals surface area contributed by atoms with Gasteiger partial charge in [-0.2, -0.15) is 5.26 Å². The normalized spacial score (nSPS) is 10.8. The molecule has 0 aliphatic heterocycles. The van der Waals surface area contributed by atoms with E-state index in [0.717, 1.165) is 11.1 Å². The van der Waals surface area contributed by atoms with Gasteiger partial charge in [-0.05, 0) is 41.0 Å². The minimum Gasteiger partial charge on any atom is -0.495 e. The minimum absolute atomic E-state index is 0.486. The Kier molecular flexibility index (Phi) is 5.75. The number of nitriles is 1. The van der Waals surface area contributed by atoms with Gasteiger partial charge in [0, 0.05) is 6.08 Å². The van der Waals surface area contributed by atoms with Crippen LogP contribution in [-0.4, -0.2) is 28.4 Å². The zero-order valence-corrected chi connectivity index (χ0v) is 14.6. The van der Waals surface area contributed by atoms with Crippen LogP contribution >= 0.6 is 0 Å². The molecule has 0 aromatic heterocycles. The van der Waals surface area contributed by atoms with Gasteiger partial charge < -0.3 is 24.7 Å². The summed E-state index contributed by atoms with van der Waals surface area (Å²) in [5.74, 6) is 2.03. The van der Waals surface area contributed by atoms with Gasteiger partial charge in [-0.3, -0.25) is 0 Å². The number of anilines is 1. The lowest BCUT2D eigenvalue weighted by Gasteiger charge is -2.16. The van der Waals surface area contributed by atoms with E-state index in [9.17, 15) is 5.26 Å². The average molecular weight is 340 g/mol. The van der Waals surface area contributed by atoms with E-state index in [4.69, 9.17) is 24.7 Å². The number of ether oxygens (including phenoxy) is 4. The number of hydrogen-bond donors (Lipinski definition) is 1. The first-order chi connectivity index (χ1) is 12.1. The van der Waals surface area contributed by atoms with E-state index in [0.29, 0.717) is 34.3 Å². The molecule has 0 spiro atoms. The topological polar surface area (TPSA) is 86.7 Å². The van der Waals surface area contributed by atoms with Crippen molar-refractivity contribution in [3.8, 4) is 29.1 Å². The van der Waals surface area contributed by atoms with E-state index in [1.807, 2.05) is 6.07 Å². The highest BCUT2D eigenvalue weighted by molar-refractivity contribution is 5.84. The SMILES string of the molecule is COc1cc(C(=CC#N)c2cc(OC)c(OC)c(OC)c2)ccc1N. The van der Waals surface area contributed by atoms with Gasteiger partial charge in [0.05, 0.1) is 40.2 Å². The Bertz CT molecular complexity index is 813. The lowest BCUT2D eigenvalue weighted by Crippen LogP contribution is -1.98. The number of hydrogen-bond acceptors (Lipinski definition) is 6. The number of methoxy groups -OCH3 is 4. The molecule has 0 unspecified atom stereocenters. The third kappa shape index (κ3) is 3.61. The van der Waals surface area contributed by atoms with Crippen molar-refractivity contribution in [1.82, 2.24) is 0 Å². The van der Waals surface area contributed by atoms with Crippen molar-refractivity contribution in [3.63, 3.8) is 0 Å². The molecular formula is C19H20N2O4. The third-order valence-electron chi connectivity index (χ3n) is 3.73. The summed E-state index contributed by atoms with van der Waals surface area (Å²) >= 11 is 0. The lowest BCUT2D eigenvalue weighted by atomic mass is 9.96. The first kappa shape index (κ1) is 18.0. The van der Waals surface area contributed by atoms with Crippen LogP contribution in [0.1, 0.15) is 11.1 Å². The maximum atomic E-state index is 9.22. The predicted octanol–water partition coefficient (Wildman–Crippen LogP) is 3.26. The molecule has 0 radical (unpaired) electrons. The Hall–Kier alpha value is -3.33. The predicted molar refractivity (Wildman–Crippen MR) is 96.2 cm³/mol. The molecule has 2 aromatic carbocycles. The quantitative estimate of drug-likeness (QED) is 0.641. The van der Waals surface area contributed by atoms with E-state index in [2.05, 4.69) is 6.07 Å². The van der Waals surface area contributed by atoms with Crippen LogP contribution in [0.2, 0.25) is 0 Å². The molecule has 0 saturated carbocycles. The molecule has 2 N–H and O–H groups in total. The van der Waals surface area contributed by atoms with Gasteiger partial charge in [-0.25, -0.2) is 0 Å². The van der Waals surface area contributed by atoms with Gasteiger partial charge in [0.25, 0.3) is 0 Å². The molecule has 6 heteroatoms. The molecule has 0 fully saturated rings. The first-order valence-electron chi connectivity index (χ1n) is 7.43. The van der Waals surface area contributed by atoms with Crippen LogP contribution in [0.25, 0.3) is 5.57 Å². The minimum atomic E-state index is 0.486. The van der Waals surface area contributed by atoms with E-state index < -0.39 is 0 Å². The molecule has 2 rings (SSSR count). The van der Waals surface area contributed by atoms with E-state index >= 15 is 0 Å². The molecule has 25 heavy (non-hydrogen) atoms. The van der Waals surface area contributed by atoms with Crippen LogP contribution in [-0.2, 0) is 0 Å². The number of allylic oxidation sites excluding steroid dienone is 1. The highest BCUT2D eigenvalue weighted by atomic mass is 16.5. The molecule has 0 atom stereocenters. The van der Waals surface area contributed by atoms with Gasteiger partial charge in [0.1, 0.15) is 5.75 Å². The zero-order valence-electron chi connectivity index (χ0n) is 14.6. The Morgan fingerprint density at radius 2 is 1.44 bits per heavy atom. The van der Waals surface area contributed by atoms with Crippen LogP contribution in [0, 0.1) is 11.3 Å². The van der Waals surface area contributed by atoms with Gasteiger partial charge in [0.15, 0.2) is 11.5 Å². The van der Waals surface area contributed by atoms with Crippen LogP contribution in [0.4, 0.5) is 5.69 Å². The molecule has 2 aromatic rings. The summed E-state index contributed by atoms with van der Waals surface area (Å²) in [6.07, 6.45) is 1.45. The maximum Gasteiger partial charge on any atom is 0.203 e. The van der Waals surface area contributed by atoms with Crippen LogP contribution in [0.5, 0.6) is 23.0 Å². The van der Waals surface area contributed by atoms with Crippen molar-refractivity contribution in [3.05, 3.63) is 47.5 Å². The summed E-state index contributed by atoms with van der Waals surface area (Å²) in [6.45, 7) is 0. The van der Waals surface area contributed by atoms with E-state index in [1.54, 1.807) is 45.6 Å². The second-order valence-corrected chi connectivity index (χ2v) is 5.06. The molecule has 0 saturated heterocycles. The fraction of sp³-hybridized carbons (Fsp3) is 0.211. The fourth-order valence-electron chi connectivity index (χ4n) is 2.51. The van der Waals surface area contributed by atoms with E-state index in [-0.39, 0.29) is 0 Å². The Morgan fingerprint density at radius 3 is 1.92 bits per heavy atom. The first-order valence-corrected chi connectivity index (χ1v) is 7.43. The highest BCUT2D eigenvalue weighted by Gasteiger charge is 2.17. The van der Waals surface area contributed by atoms with Crippen LogP contribution in [0.3, 0.4) is 0 Å². The summed E-state index contributed by atoms with van der Waals surface area (Å²) in [5, 5.41) is 9.22. The van der Waals surface area contributed by atoms with Crippen molar-refractivity contribution in [1.29, 1.82) is 5.26 Å². The fourth-order valence-corrected chi connectivity index (χ4v) is 2.51. The van der Waals surface area contributed by atoms with Crippen molar-refractivity contribution in [2.45, 2.75) is 0 Å². The molecule has 0 amide bonds. The molecule has 0 aliphatic carbocycles. The van der Waals surface area contributed by atoms with Crippen molar-refractivity contribution in [2.75, 3.05) is 34.2 Å².